The maximum Gasteiger partial charge on any atom is 0.243 e. The number of carbonyl (C=O) groups is 2. The monoisotopic (exact) mass is 505 g/mol. The quantitative estimate of drug-likeness (QED) is 0.444. The zero-order valence-corrected chi connectivity index (χ0v) is 21.7. The van der Waals surface area contributed by atoms with Gasteiger partial charge in [0.15, 0.2) is 0 Å². The topological polar surface area (TPSA) is 86.8 Å². The average molecular weight is 506 g/mol. The summed E-state index contributed by atoms with van der Waals surface area (Å²) in [7, 11) is -3.63. The normalized spacial score (nSPS) is 13.1. The maximum atomic E-state index is 13.3. The Kier molecular flexibility index (Phi) is 10.7. The van der Waals surface area contributed by atoms with Crippen LogP contribution in [0.2, 0.25) is 0 Å². The molecule has 2 rings (SSSR count). The van der Waals surface area contributed by atoms with E-state index in [1.54, 1.807) is 4.90 Å². The standard InChI is InChI=1S/C26H36FN3O4S/c1-5-20(3)28-26(32)24(6-2)29(19-21-11-8-7-9-12-21)25(31)13-10-18-30(35(4,33)34)23-16-14-22(27)15-17-23/h7-9,11-12,14-17,20,24H,5-6,10,13,18-19H2,1-4H3,(H,28,32)/t20-,24+/m1/s1. The number of rotatable bonds is 13. The molecule has 2 amide bonds. The highest BCUT2D eigenvalue weighted by molar-refractivity contribution is 7.92. The molecule has 0 aliphatic carbocycles. The molecule has 0 saturated carbocycles. The fourth-order valence-corrected chi connectivity index (χ4v) is 4.72. The molecule has 2 atom stereocenters. The van der Waals surface area contributed by atoms with E-state index in [4.69, 9.17) is 0 Å². The minimum Gasteiger partial charge on any atom is -0.352 e. The molecule has 2 aromatic rings. The molecule has 0 saturated heterocycles. The SMILES string of the molecule is CC[C@@H](C)NC(=O)[C@H](CC)N(Cc1ccccc1)C(=O)CCCN(c1ccc(F)cc1)S(C)(=O)=O. The summed E-state index contributed by atoms with van der Waals surface area (Å²) in [5.74, 6) is -0.891. The van der Waals surface area contributed by atoms with E-state index in [0.717, 1.165) is 22.5 Å². The number of amides is 2. The van der Waals surface area contributed by atoms with Crippen molar-refractivity contribution in [2.75, 3.05) is 17.1 Å². The first-order chi connectivity index (χ1) is 16.6. The fraction of sp³-hybridized carbons (Fsp3) is 0.462. The lowest BCUT2D eigenvalue weighted by atomic mass is 10.1. The molecule has 192 valence electrons. The molecular weight excluding hydrogens is 469 g/mol. The highest BCUT2D eigenvalue weighted by Crippen LogP contribution is 2.20. The van der Waals surface area contributed by atoms with Gasteiger partial charge in [-0.05, 0) is 56.0 Å². The summed E-state index contributed by atoms with van der Waals surface area (Å²) in [5.41, 5.74) is 1.24. The summed E-state index contributed by atoms with van der Waals surface area (Å²) in [6.07, 6.45) is 2.61. The fourth-order valence-electron chi connectivity index (χ4n) is 3.75. The van der Waals surface area contributed by atoms with Gasteiger partial charge in [-0.1, -0.05) is 44.2 Å². The highest BCUT2D eigenvalue weighted by atomic mass is 32.2. The smallest absolute Gasteiger partial charge is 0.243 e. The van der Waals surface area contributed by atoms with Crippen molar-refractivity contribution in [2.24, 2.45) is 0 Å². The second kappa shape index (κ2) is 13.2. The van der Waals surface area contributed by atoms with Crippen molar-refractivity contribution in [2.45, 2.75) is 65.1 Å². The molecule has 0 spiro atoms. The zero-order valence-electron chi connectivity index (χ0n) is 20.9. The van der Waals surface area contributed by atoms with E-state index in [-0.39, 0.29) is 43.8 Å². The van der Waals surface area contributed by atoms with Crippen LogP contribution < -0.4 is 9.62 Å². The van der Waals surface area contributed by atoms with Crippen molar-refractivity contribution < 1.29 is 22.4 Å². The van der Waals surface area contributed by atoms with Crippen LogP contribution in [-0.2, 0) is 26.2 Å². The van der Waals surface area contributed by atoms with Crippen LogP contribution in [-0.4, -0.2) is 50.0 Å². The van der Waals surface area contributed by atoms with Gasteiger partial charge in [-0.3, -0.25) is 13.9 Å². The Morgan fingerprint density at radius 2 is 1.63 bits per heavy atom. The van der Waals surface area contributed by atoms with Crippen molar-refractivity contribution in [3.05, 3.63) is 66.0 Å². The molecule has 0 bridgehead atoms. The van der Waals surface area contributed by atoms with Crippen LogP contribution in [0, 0.1) is 5.82 Å². The minimum atomic E-state index is -3.63. The predicted octanol–water partition coefficient (Wildman–Crippen LogP) is 4.09. The Morgan fingerprint density at radius 1 is 1.00 bits per heavy atom. The number of anilines is 1. The van der Waals surface area contributed by atoms with Crippen LogP contribution in [0.15, 0.2) is 54.6 Å². The molecule has 7 nitrogen and oxygen atoms in total. The summed E-state index contributed by atoms with van der Waals surface area (Å²) in [6.45, 7) is 6.10. The molecule has 0 unspecified atom stereocenters. The molecule has 1 N–H and O–H groups in total. The molecule has 9 heteroatoms. The number of sulfonamides is 1. The van der Waals surface area contributed by atoms with Crippen LogP contribution in [0.25, 0.3) is 0 Å². The lowest BCUT2D eigenvalue weighted by Crippen LogP contribution is -2.50. The molecule has 35 heavy (non-hydrogen) atoms. The first kappa shape index (κ1) is 28.3. The third-order valence-corrected chi connectivity index (χ3v) is 7.04. The molecule has 0 fully saturated rings. The second-order valence-electron chi connectivity index (χ2n) is 8.66. The van der Waals surface area contributed by atoms with Crippen molar-refractivity contribution in [1.29, 1.82) is 0 Å². The summed E-state index contributed by atoms with van der Waals surface area (Å²) in [4.78, 5) is 27.9. The summed E-state index contributed by atoms with van der Waals surface area (Å²) in [5, 5.41) is 2.97. The lowest BCUT2D eigenvalue weighted by Gasteiger charge is -2.32. The largest absolute Gasteiger partial charge is 0.352 e. The van der Waals surface area contributed by atoms with E-state index >= 15 is 0 Å². The van der Waals surface area contributed by atoms with Gasteiger partial charge in [0.25, 0.3) is 0 Å². The number of carbonyl (C=O) groups excluding carboxylic acids is 2. The molecule has 0 aliphatic rings. The number of hydrogen-bond donors (Lipinski definition) is 1. The molecule has 0 aliphatic heterocycles. The average Bonchev–Trinajstić information content (AvgIpc) is 2.82. The van der Waals surface area contributed by atoms with Gasteiger partial charge in [0.1, 0.15) is 11.9 Å². The van der Waals surface area contributed by atoms with Crippen LogP contribution in [0.5, 0.6) is 0 Å². The van der Waals surface area contributed by atoms with Gasteiger partial charge in [0, 0.05) is 25.6 Å². The van der Waals surface area contributed by atoms with E-state index in [2.05, 4.69) is 5.32 Å². The minimum absolute atomic E-state index is 0.00995. The van der Waals surface area contributed by atoms with Gasteiger partial charge >= 0.3 is 0 Å². The number of hydrogen-bond acceptors (Lipinski definition) is 4. The molecular formula is C26H36FN3O4S. The van der Waals surface area contributed by atoms with E-state index in [1.165, 1.54) is 24.3 Å². The third-order valence-electron chi connectivity index (χ3n) is 5.85. The maximum absolute atomic E-state index is 13.3. The summed E-state index contributed by atoms with van der Waals surface area (Å²) >= 11 is 0. The van der Waals surface area contributed by atoms with Gasteiger partial charge in [-0.15, -0.1) is 0 Å². The number of nitrogens with zero attached hydrogens (tertiary/aromatic N) is 2. The Balaban J connectivity index is 2.18. The Bertz CT molecular complexity index is 1060. The van der Waals surface area contributed by atoms with Gasteiger partial charge < -0.3 is 10.2 Å². The van der Waals surface area contributed by atoms with Crippen LogP contribution >= 0.6 is 0 Å². The van der Waals surface area contributed by atoms with Crippen LogP contribution in [0.4, 0.5) is 10.1 Å². The van der Waals surface area contributed by atoms with Crippen molar-refractivity contribution >= 4 is 27.5 Å². The number of nitrogens with one attached hydrogen (secondary N) is 1. The molecule has 0 heterocycles. The number of benzene rings is 2. The van der Waals surface area contributed by atoms with Crippen molar-refractivity contribution in [3.8, 4) is 0 Å². The first-order valence-corrected chi connectivity index (χ1v) is 13.8. The zero-order chi connectivity index (χ0) is 26.0. The van der Waals surface area contributed by atoms with E-state index in [9.17, 15) is 22.4 Å². The van der Waals surface area contributed by atoms with Crippen LogP contribution in [0.1, 0.15) is 52.0 Å². The highest BCUT2D eigenvalue weighted by Gasteiger charge is 2.29. The third kappa shape index (κ3) is 8.65. The second-order valence-corrected chi connectivity index (χ2v) is 10.6. The van der Waals surface area contributed by atoms with Gasteiger partial charge in [-0.2, -0.15) is 0 Å². The van der Waals surface area contributed by atoms with Crippen molar-refractivity contribution in [1.82, 2.24) is 10.2 Å². The molecule has 2 aromatic carbocycles. The molecule has 0 radical (unpaired) electrons. The van der Waals surface area contributed by atoms with E-state index in [1.807, 2.05) is 51.1 Å². The van der Waals surface area contributed by atoms with Gasteiger partial charge in [0.05, 0.1) is 11.9 Å². The number of halogens is 1. The Labute approximate surface area is 208 Å². The molecule has 0 aromatic heterocycles. The lowest BCUT2D eigenvalue weighted by molar-refractivity contribution is -0.141. The van der Waals surface area contributed by atoms with Crippen LogP contribution in [0.3, 0.4) is 0 Å². The Hall–Kier alpha value is -2.94. The van der Waals surface area contributed by atoms with Crippen molar-refractivity contribution in [3.63, 3.8) is 0 Å². The summed E-state index contributed by atoms with van der Waals surface area (Å²) < 4.78 is 39.1. The van der Waals surface area contributed by atoms with Gasteiger partial charge in [0.2, 0.25) is 21.8 Å². The summed E-state index contributed by atoms with van der Waals surface area (Å²) in [6, 6.07) is 14.0. The predicted molar refractivity (Wildman–Crippen MR) is 137 cm³/mol. The van der Waals surface area contributed by atoms with Gasteiger partial charge in [-0.25, -0.2) is 12.8 Å². The van der Waals surface area contributed by atoms with E-state index in [0.29, 0.717) is 12.1 Å². The van der Waals surface area contributed by atoms with E-state index < -0.39 is 21.9 Å². The Morgan fingerprint density at radius 3 is 2.17 bits per heavy atom. The first-order valence-electron chi connectivity index (χ1n) is 11.9.